The normalized spacial score (nSPS) is 10.6. The van der Waals surface area contributed by atoms with E-state index in [1.807, 2.05) is 43.3 Å². The van der Waals surface area contributed by atoms with Gasteiger partial charge in [0.05, 0.1) is 6.21 Å². The topological polar surface area (TPSA) is 79.8 Å². The van der Waals surface area contributed by atoms with Gasteiger partial charge in [0.2, 0.25) is 0 Å². The molecule has 0 saturated heterocycles. The highest BCUT2D eigenvalue weighted by atomic mass is 35.5. The summed E-state index contributed by atoms with van der Waals surface area (Å²) in [6, 6.07) is 21.7. The maximum absolute atomic E-state index is 11.9. The van der Waals surface area contributed by atoms with Crippen molar-refractivity contribution in [2.24, 2.45) is 5.10 Å². The number of aryl methyl sites for hydroxylation is 1. The molecule has 0 atom stereocenters. The Hall–Kier alpha value is -3.64. The Bertz CT molecular complexity index is 1050. The number of amides is 2. The predicted molar refractivity (Wildman–Crippen MR) is 118 cm³/mol. The van der Waals surface area contributed by atoms with Crippen LogP contribution in [0.3, 0.4) is 0 Å². The first-order valence-electron chi connectivity index (χ1n) is 9.18. The molecule has 0 bridgehead atoms. The number of anilines is 1. The van der Waals surface area contributed by atoms with Crippen molar-refractivity contribution in [3.05, 3.63) is 94.5 Å². The molecule has 0 spiro atoms. The number of nitrogens with zero attached hydrogens (tertiary/aromatic N) is 1. The third kappa shape index (κ3) is 6.46. The lowest BCUT2D eigenvalue weighted by molar-refractivity contribution is -0.136. The molecular weight excluding hydrogens is 402 g/mol. The molecule has 3 rings (SSSR count). The van der Waals surface area contributed by atoms with Gasteiger partial charge in [0.15, 0.2) is 0 Å². The third-order valence-electron chi connectivity index (χ3n) is 4.07. The molecule has 0 radical (unpaired) electrons. The second-order valence-corrected chi connectivity index (χ2v) is 6.94. The maximum Gasteiger partial charge on any atom is 0.329 e. The minimum atomic E-state index is -0.859. The molecule has 0 aliphatic carbocycles. The number of halogens is 1. The molecule has 2 amide bonds. The van der Waals surface area contributed by atoms with Gasteiger partial charge in [-0.05, 0) is 54.4 Å². The molecule has 152 valence electrons. The third-order valence-corrected chi connectivity index (χ3v) is 4.32. The summed E-state index contributed by atoms with van der Waals surface area (Å²) in [6.07, 6.45) is 1.44. The number of rotatable bonds is 6. The summed E-state index contributed by atoms with van der Waals surface area (Å²) in [5.41, 5.74) is 5.51. The average molecular weight is 422 g/mol. The molecule has 3 aromatic carbocycles. The monoisotopic (exact) mass is 421 g/mol. The smallest absolute Gasteiger partial charge is 0.329 e. The molecule has 0 heterocycles. The Kier molecular flexibility index (Phi) is 7.19. The molecule has 0 aromatic heterocycles. The van der Waals surface area contributed by atoms with E-state index < -0.39 is 11.8 Å². The number of hydrazone groups is 1. The fourth-order valence-electron chi connectivity index (χ4n) is 2.47. The highest BCUT2D eigenvalue weighted by Gasteiger charge is 2.12. The van der Waals surface area contributed by atoms with Crippen LogP contribution in [0.4, 0.5) is 5.69 Å². The van der Waals surface area contributed by atoms with E-state index in [0.717, 1.165) is 11.1 Å². The fraction of sp³-hybridized carbons (Fsp3) is 0.0870. The molecule has 3 aromatic rings. The first kappa shape index (κ1) is 21.1. The lowest BCUT2D eigenvalue weighted by Crippen LogP contribution is -2.32. The van der Waals surface area contributed by atoms with Gasteiger partial charge in [-0.25, -0.2) is 5.43 Å². The number of nitrogens with one attached hydrogen (secondary N) is 2. The Morgan fingerprint density at radius 2 is 1.73 bits per heavy atom. The van der Waals surface area contributed by atoms with Crippen LogP contribution in [-0.4, -0.2) is 18.0 Å². The maximum atomic E-state index is 11.9. The standard InChI is InChI=1S/C23H20ClN3O3/c1-16-5-11-20(12-6-16)26-22(28)23(29)27-25-14-18-3-2-4-21(13-18)30-15-17-7-9-19(24)10-8-17/h2-14H,15H2,1H3,(H,26,28)(H,27,29). The van der Waals surface area contributed by atoms with Crippen molar-refractivity contribution in [3.63, 3.8) is 0 Å². The Morgan fingerprint density at radius 1 is 1.00 bits per heavy atom. The van der Waals surface area contributed by atoms with Gasteiger partial charge in [-0.1, -0.05) is 53.6 Å². The van der Waals surface area contributed by atoms with Crippen molar-refractivity contribution in [2.75, 3.05) is 5.32 Å². The van der Waals surface area contributed by atoms with Gasteiger partial charge in [0.25, 0.3) is 0 Å². The lowest BCUT2D eigenvalue weighted by Gasteiger charge is -2.07. The van der Waals surface area contributed by atoms with Crippen molar-refractivity contribution < 1.29 is 14.3 Å². The molecule has 30 heavy (non-hydrogen) atoms. The molecule has 6 nitrogen and oxygen atoms in total. The van der Waals surface area contributed by atoms with Crippen LogP contribution in [0.15, 0.2) is 77.9 Å². The van der Waals surface area contributed by atoms with Crippen LogP contribution in [0.25, 0.3) is 0 Å². The van der Waals surface area contributed by atoms with E-state index in [4.69, 9.17) is 16.3 Å². The summed E-state index contributed by atoms with van der Waals surface area (Å²) < 4.78 is 5.76. The number of carbonyl (C=O) groups is 2. The zero-order chi connectivity index (χ0) is 21.3. The van der Waals surface area contributed by atoms with E-state index in [0.29, 0.717) is 28.6 Å². The van der Waals surface area contributed by atoms with Crippen molar-refractivity contribution in [1.82, 2.24) is 5.43 Å². The SMILES string of the molecule is Cc1ccc(NC(=O)C(=O)NN=Cc2cccc(OCc3ccc(Cl)cc3)c2)cc1. The van der Waals surface area contributed by atoms with Crippen LogP contribution in [-0.2, 0) is 16.2 Å². The van der Waals surface area contributed by atoms with Crippen molar-refractivity contribution in [2.45, 2.75) is 13.5 Å². The number of ether oxygens (including phenoxy) is 1. The molecule has 0 aliphatic rings. The van der Waals surface area contributed by atoms with Crippen LogP contribution in [0.1, 0.15) is 16.7 Å². The van der Waals surface area contributed by atoms with Crippen LogP contribution >= 0.6 is 11.6 Å². The quantitative estimate of drug-likeness (QED) is 0.353. The summed E-state index contributed by atoms with van der Waals surface area (Å²) in [7, 11) is 0. The summed E-state index contributed by atoms with van der Waals surface area (Å²) >= 11 is 5.88. The number of hydrogen-bond donors (Lipinski definition) is 2. The van der Waals surface area contributed by atoms with Crippen LogP contribution in [0.5, 0.6) is 5.75 Å². The first-order valence-corrected chi connectivity index (χ1v) is 9.56. The average Bonchev–Trinajstić information content (AvgIpc) is 2.75. The fourth-order valence-corrected chi connectivity index (χ4v) is 2.60. The van der Waals surface area contributed by atoms with Gasteiger partial charge in [0, 0.05) is 10.7 Å². The van der Waals surface area contributed by atoms with E-state index in [1.165, 1.54) is 6.21 Å². The molecule has 0 saturated carbocycles. The van der Waals surface area contributed by atoms with Gasteiger partial charge < -0.3 is 10.1 Å². The summed E-state index contributed by atoms with van der Waals surface area (Å²) in [5.74, 6) is -1.00. The summed E-state index contributed by atoms with van der Waals surface area (Å²) in [6.45, 7) is 2.33. The number of benzene rings is 3. The van der Waals surface area contributed by atoms with E-state index in [1.54, 1.807) is 36.4 Å². The first-order chi connectivity index (χ1) is 14.5. The molecule has 2 N–H and O–H groups in total. The largest absolute Gasteiger partial charge is 0.489 e. The second-order valence-electron chi connectivity index (χ2n) is 6.51. The molecular formula is C23H20ClN3O3. The molecule has 0 aliphatic heterocycles. The molecule has 0 unspecified atom stereocenters. The lowest BCUT2D eigenvalue weighted by atomic mass is 10.2. The predicted octanol–water partition coefficient (Wildman–Crippen LogP) is 4.32. The van der Waals surface area contributed by atoms with Gasteiger partial charge in [-0.3, -0.25) is 9.59 Å². The summed E-state index contributed by atoms with van der Waals surface area (Å²) in [5, 5.41) is 7.01. The van der Waals surface area contributed by atoms with Gasteiger partial charge in [-0.15, -0.1) is 0 Å². The second kappa shape index (κ2) is 10.2. The Morgan fingerprint density at radius 3 is 2.47 bits per heavy atom. The van der Waals surface area contributed by atoms with Crippen molar-refractivity contribution >= 4 is 35.3 Å². The molecule has 7 heteroatoms. The minimum absolute atomic E-state index is 0.397. The van der Waals surface area contributed by atoms with Gasteiger partial charge in [0.1, 0.15) is 12.4 Å². The van der Waals surface area contributed by atoms with Crippen molar-refractivity contribution in [3.8, 4) is 5.75 Å². The number of carbonyl (C=O) groups excluding carboxylic acids is 2. The van der Waals surface area contributed by atoms with Gasteiger partial charge >= 0.3 is 11.8 Å². The minimum Gasteiger partial charge on any atom is -0.489 e. The van der Waals surface area contributed by atoms with Crippen LogP contribution < -0.4 is 15.5 Å². The molecule has 0 fully saturated rings. The summed E-state index contributed by atoms with van der Waals surface area (Å²) in [4.78, 5) is 23.8. The van der Waals surface area contributed by atoms with E-state index in [9.17, 15) is 9.59 Å². The van der Waals surface area contributed by atoms with E-state index >= 15 is 0 Å². The van der Waals surface area contributed by atoms with Crippen molar-refractivity contribution in [1.29, 1.82) is 0 Å². The zero-order valence-electron chi connectivity index (χ0n) is 16.3. The van der Waals surface area contributed by atoms with E-state index in [2.05, 4.69) is 15.8 Å². The van der Waals surface area contributed by atoms with Crippen LogP contribution in [0, 0.1) is 6.92 Å². The van der Waals surface area contributed by atoms with E-state index in [-0.39, 0.29) is 0 Å². The highest BCUT2D eigenvalue weighted by molar-refractivity contribution is 6.39. The Balaban J connectivity index is 1.51. The number of hydrogen-bond acceptors (Lipinski definition) is 4. The van der Waals surface area contributed by atoms with Gasteiger partial charge in [-0.2, -0.15) is 5.10 Å². The highest BCUT2D eigenvalue weighted by Crippen LogP contribution is 2.16. The zero-order valence-corrected chi connectivity index (χ0v) is 17.0. The van der Waals surface area contributed by atoms with Crippen LogP contribution in [0.2, 0.25) is 5.02 Å². The Labute approximate surface area is 179 Å².